The van der Waals surface area contributed by atoms with Crippen molar-refractivity contribution < 1.29 is 29.4 Å². The Balaban J connectivity index is 2.22. The highest BCUT2D eigenvalue weighted by Gasteiger charge is 2.30. The van der Waals surface area contributed by atoms with E-state index in [1.807, 2.05) is 38.1 Å². The maximum absolute atomic E-state index is 13.0. The van der Waals surface area contributed by atoms with E-state index >= 15 is 0 Å². The van der Waals surface area contributed by atoms with Crippen molar-refractivity contribution in [2.24, 2.45) is 11.7 Å². The predicted octanol–water partition coefficient (Wildman–Crippen LogP) is -0.455. The molecule has 0 aliphatic carbocycles. The van der Waals surface area contributed by atoms with Gasteiger partial charge >= 0.3 is 5.97 Å². The molecule has 1 aromatic heterocycles. The number of nitrogens with one attached hydrogen (secondary N) is 4. The summed E-state index contributed by atoms with van der Waals surface area (Å²) in [7, 11) is 0. The van der Waals surface area contributed by atoms with E-state index in [1.54, 1.807) is 6.20 Å². The molecule has 4 atom stereocenters. The number of H-pyrrole nitrogens is 1. The molecule has 0 aliphatic rings. The average Bonchev–Trinajstić information content (AvgIpc) is 3.22. The smallest absolute Gasteiger partial charge is 0.328 e. The Kier molecular flexibility index (Phi) is 10.6. The number of fused-ring (bicyclic) bond motifs is 1. The lowest BCUT2D eigenvalue weighted by atomic mass is 10.0. The molecule has 8 N–H and O–H groups in total. The van der Waals surface area contributed by atoms with E-state index in [-0.39, 0.29) is 18.1 Å². The van der Waals surface area contributed by atoms with Crippen LogP contribution in [-0.2, 0) is 25.6 Å². The molecule has 192 valence electrons. The summed E-state index contributed by atoms with van der Waals surface area (Å²) in [4.78, 5) is 52.7. The number of carboxylic acid groups (broad SMARTS) is 1. The van der Waals surface area contributed by atoms with Gasteiger partial charge in [-0.3, -0.25) is 14.4 Å². The Morgan fingerprint density at radius 3 is 2.20 bits per heavy atom. The van der Waals surface area contributed by atoms with Gasteiger partial charge in [-0.2, -0.15) is 12.6 Å². The van der Waals surface area contributed by atoms with Crippen molar-refractivity contribution in [1.82, 2.24) is 20.9 Å². The Bertz CT molecular complexity index is 1040. The molecule has 35 heavy (non-hydrogen) atoms. The number of rotatable bonds is 13. The normalized spacial score (nSPS) is 14.7. The molecule has 0 bridgehead atoms. The van der Waals surface area contributed by atoms with Gasteiger partial charge in [-0.1, -0.05) is 32.0 Å². The molecule has 0 fully saturated rings. The van der Waals surface area contributed by atoms with E-state index in [0.717, 1.165) is 10.9 Å². The molecule has 4 unspecified atom stereocenters. The number of aromatic amines is 1. The number of amides is 3. The van der Waals surface area contributed by atoms with E-state index < -0.39 is 54.5 Å². The van der Waals surface area contributed by atoms with Gasteiger partial charge in [-0.25, -0.2) is 4.79 Å². The number of para-hydroxylation sites is 1. The molecule has 12 heteroatoms. The van der Waals surface area contributed by atoms with E-state index in [2.05, 4.69) is 33.6 Å². The van der Waals surface area contributed by atoms with E-state index in [0.29, 0.717) is 12.0 Å². The number of hydrogen-bond acceptors (Lipinski definition) is 7. The third-order valence-electron chi connectivity index (χ3n) is 5.41. The van der Waals surface area contributed by atoms with Gasteiger partial charge in [0.15, 0.2) is 0 Å². The van der Waals surface area contributed by atoms with Crippen LogP contribution < -0.4 is 21.7 Å². The summed E-state index contributed by atoms with van der Waals surface area (Å²) in [5, 5.41) is 26.7. The monoisotopic (exact) mass is 507 g/mol. The van der Waals surface area contributed by atoms with Crippen molar-refractivity contribution >= 4 is 47.2 Å². The second kappa shape index (κ2) is 13.1. The number of aliphatic carboxylic acids is 1. The lowest BCUT2D eigenvalue weighted by Crippen LogP contribution is -2.58. The van der Waals surface area contributed by atoms with Crippen molar-refractivity contribution in [2.75, 3.05) is 12.4 Å². The Morgan fingerprint density at radius 2 is 1.60 bits per heavy atom. The van der Waals surface area contributed by atoms with Crippen LogP contribution in [0.15, 0.2) is 30.5 Å². The first-order chi connectivity index (χ1) is 16.6. The van der Waals surface area contributed by atoms with Crippen molar-refractivity contribution in [3.05, 3.63) is 36.0 Å². The fourth-order valence-electron chi connectivity index (χ4n) is 3.55. The molecule has 2 aromatic rings. The van der Waals surface area contributed by atoms with Crippen LogP contribution in [-0.4, -0.2) is 75.4 Å². The SMILES string of the molecule is CC(C)CC(N)C(=O)NC(CS)C(=O)NC(Cc1c[nH]c2ccccc12)C(=O)NC(CO)C(=O)O. The van der Waals surface area contributed by atoms with Crippen LogP contribution in [0.1, 0.15) is 25.8 Å². The second-order valence-electron chi connectivity index (χ2n) is 8.69. The maximum Gasteiger partial charge on any atom is 0.328 e. The van der Waals surface area contributed by atoms with Crippen LogP contribution in [0.3, 0.4) is 0 Å². The molecule has 0 radical (unpaired) electrons. The van der Waals surface area contributed by atoms with Crippen LogP contribution in [0.25, 0.3) is 10.9 Å². The van der Waals surface area contributed by atoms with Crippen LogP contribution in [0, 0.1) is 5.92 Å². The average molecular weight is 508 g/mol. The van der Waals surface area contributed by atoms with Gasteiger partial charge in [0, 0.05) is 29.3 Å². The summed E-state index contributed by atoms with van der Waals surface area (Å²) in [6.45, 7) is 3.01. The third-order valence-corrected chi connectivity index (χ3v) is 5.77. The summed E-state index contributed by atoms with van der Waals surface area (Å²) in [6.07, 6.45) is 2.15. The van der Waals surface area contributed by atoms with Crippen molar-refractivity contribution in [3.8, 4) is 0 Å². The van der Waals surface area contributed by atoms with Gasteiger partial charge in [0.1, 0.15) is 18.1 Å². The van der Waals surface area contributed by atoms with Gasteiger partial charge in [0.25, 0.3) is 0 Å². The third kappa shape index (κ3) is 7.98. The summed E-state index contributed by atoms with van der Waals surface area (Å²) in [5.74, 6) is -3.29. The summed E-state index contributed by atoms with van der Waals surface area (Å²) in [5.41, 5.74) is 7.43. The molecule has 3 amide bonds. The molecule has 2 rings (SSSR count). The molecule has 1 heterocycles. The van der Waals surface area contributed by atoms with E-state index in [9.17, 15) is 29.4 Å². The summed E-state index contributed by atoms with van der Waals surface area (Å²) >= 11 is 4.14. The largest absolute Gasteiger partial charge is 0.480 e. The van der Waals surface area contributed by atoms with Crippen molar-refractivity contribution in [1.29, 1.82) is 0 Å². The fourth-order valence-corrected chi connectivity index (χ4v) is 3.80. The number of carbonyl (C=O) groups is 4. The van der Waals surface area contributed by atoms with E-state index in [1.165, 1.54) is 0 Å². The van der Waals surface area contributed by atoms with E-state index in [4.69, 9.17) is 5.73 Å². The molecule has 0 spiro atoms. The number of carboxylic acids is 1. The number of hydrogen-bond donors (Lipinski definition) is 8. The van der Waals surface area contributed by atoms with Gasteiger partial charge in [-0.15, -0.1) is 0 Å². The van der Waals surface area contributed by atoms with Crippen LogP contribution in [0.4, 0.5) is 0 Å². The first kappa shape index (κ1) is 28.1. The highest BCUT2D eigenvalue weighted by atomic mass is 32.1. The molecule has 0 aliphatic heterocycles. The quantitative estimate of drug-likeness (QED) is 0.169. The number of thiol groups is 1. The highest BCUT2D eigenvalue weighted by Crippen LogP contribution is 2.19. The number of carbonyl (C=O) groups excluding carboxylic acids is 3. The number of nitrogens with two attached hydrogens (primary N) is 1. The first-order valence-corrected chi connectivity index (χ1v) is 11.9. The minimum atomic E-state index is -1.54. The van der Waals surface area contributed by atoms with Gasteiger partial charge in [0.2, 0.25) is 17.7 Å². The van der Waals surface area contributed by atoms with Crippen molar-refractivity contribution in [2.45, 2.75) is 50.9 Å². The minimum Gasteiger partial charge on any atom is -0.480 e. The molecular weight excluding hydrogens is 474 g/mol. The lowest BCUT2D eigenvalue weighted by molar-refractivity contribution is -0.143. The van der Waals surface area contributed by atoms with Crippen LogP contribution >= 0.6 is 12.6 Å². The minimum absolute atomic E-state index is 0.0272. The standard InChI is InChI=1S/C23H33N5O6S/c1-12(2)7-15(24)20(30)28-19(11-35)22(32)26-17(21(31)27-18(10-29)23(33)34)8-13-9-25-16-6-4-3-5-14(13)16/h3-6,9,12,15,17-19,25,29,35H,7-8,10-11,24H2,1-2H3,(H,26,32)(H,27,31)(H,28,30)(H,33,34). The maximum atomic E-state index is 13.0. The van der Waals surface area contributed by atoms with Gasteiger partial charge in [-0.05, 0) is 24.0 Å². The topological polar surface area (TPSA) is 187 Å². The van der Waals surface area contributed by atoms with Crippen molar-refractivity contribution in [3.63, 3.8) is 0 Å². The van der Waals surface area contributed by atoms with Crippen LogP contribution in [0.2, 0.25) is 0 Å². The molecule has 0 saturated carbocycles. The zero-order valence-corrected chi connectivity index (χ0v) is 20.5. The Labute approximate surface area is 208 Å². The zero-order chi connectivity index (χ0) is 26.1. The predicted molar refractivity (Wildman–Crippen MR) is 134 cm³/mol. The fraction of sp³-hybridized carbons (Fsp3) is 0.478. The second-order valence-corrected chi connectivity index (χ2v) is 9.05. The molecule has 11 nitrogen and oxygen atoms in total. The zero-order valence-electron chi connectivity index (χ0n) is 19.7. The summed E-state index contributed by atoms with van der Waals surface area (Å²) in [6, 6.07) is 2.75. The Hall–Kier alpha value is -3.09. The number of benzene rings is 1. The Morgan fingerprint density at radius 1 is 1.00 bits per heavy atom. The molecule has 0 saturated heterocycles. The number of aromatic nitrogens is 1. The first-order valence-electron chi connectivity index (χ1n) is 11.2. The summed E-state index contributed by atoms with van der Waals surface area (Å²) < 4.78 is 0. The van der Waals surface area contributed by atoms with Crippen LogP contribution in [0.5, 0.6) is 0 Å². The van der Waals surface area contributed by atoms with Gasteiger partial charge < -0.3 is 36.9 Å². The number of aliphatic hydroxyl groups is 1. The number of aliphatic hydroxyl groups excluding tert-OH is 1. The lowest BCUT2D eigenvalue weighted by Gasteiger charge is -2.24. The highest BCUT2D eigenvalue weighted by molar-refractivity contribution is 7.80. The molecular formula is C23H33N5O6S. The van der Waals surface area contributed by atoms with Gasteiger partial charge in [0.05, 0.1) is 12.6 Å². The molecule has 1 aromatic carbocycles.